The number of hydrogen-bond donors (Lipinski definition) is 1. The summed E-state index contributed by atoms with van der Waals surface area (Å²) in [4.78, 5) is 3.96. The van der Waals surface area contributed by atoms with Gasteiger partial charge in [-0.3, -0.25) is 4.98 Å². The van der Waals surface area contributed by atoms with Crippen LogP contribution in [-0.4, -0.2) is 19.7 Å². The number of aromatic nitrogens is 4. The molecular weight excluding hydrogens is 447 g/mol. The van der Waals surface area contributed by atoms with Gasteiger partial charge in [0.1, 0.15) is 12.2 Å². The summed E-state index contributed by atoms with van der Waals surface area (Å²) in [6, 6.07) is 8.81. The van der Waals surface area contributed by atoms with Gasteiger partial charge < -0.3 is 9.88 Å². The summed E-state index contributed by atoms with van der Waals surface area (Å²) in [5.41, 5.74) is 1.03. The third kappa shape index (κ3) is 4.44. The van der Waals surface area contributed by atoms with Crippen molar-refractivity contribution in [3.8, 4) is 0 Å². The summed E-state index contributed by atoms with van der Waals surface area (Å²) in [6.45, 7) is -0.0242. The highest BCUT2D eigenvalue weighted by Gasteiger charge is 2.36. The van der Waals surface area contributed by atoms with Gasteiger partial charge in [-0.2, -0.15) is 13.2 Å². The molecule has 1 N–H and O–H groups in total. The predicted octanol–water partition coefficient (Wildman–Crippen LogP) is 5.15. The minimum Gasteiger partial charge on any atom is -0.379 e. The Labute approximate surface area is 174 Å². The number of nitrogens with zero attached hydrogens (tertiary/aromatic N) is 4. The number of hydrogen-bond acceptors (Lipinski definition) is 4. The highest BCUT2D eigenvalue weighted by molar-refractivity contribution is 9.10. The summed E-state index contributed by atoms with van der Waals surface area (Å²) in [7, 11) is 1.92. The van der Waals surface area contributed by atoms with Crippen molar-refractivity contribution < 1.29 is 13.2 Å². The summed E-state index contributed by atoms with van der Waals surface area (Å²) in [5.74, 6) is 1.54. The Hall–Kier alpha value is -2.42. The van der Waals surface area contributed by atoms with Gasteiger partial charge in [-0.15, -0.1) is 10.2 Å². The first-order chi connectivity index (χ1) is 13.8. The van der Waals surface area contributed by atoms with Gasteiger partial charge in [0.25, 0.3) is 0 Å². The summed E-state index contributed by atoms with van der Waals surface area (Å²) >= 11 is 3.06. The van der Waals surface area contributed by atoms with Crippen LogP contribution < -0.4 is 5.32 Å². The smallest absolute Gasteiger partial charge is 0.379 e. The number of nitrogens with one attached hydrogen (secondary N) is 1. The van der Waals surface area contributed by atoms with E-state index in [4.69, 9.17) is 0 Å². The predicted molar refractivity (Wildman–Crippen MR) is 106 cm³/mol. The lowest BCUT2D eigenvalue weighted by molar-refractivity contribution is -0.138. The van der Waals surface area contributed by atoms with E-state index in [0.717, 1.165) is 36.0 Å². The van der Waals surface area contributed by atoms with Crippen LogP contribution in [0.2, 0.25) is 0 Å². The Kier molecular flexibility index (Phi) is 5.33. The molecule has 0 radical (unpaired) electrons. The molecule has 1 aromatic carbocycles. The van der Waals surface area contributed by atoms with Crippen LogP contribution in [0.1, 0.15) is 41.4 Å². The molecule has 0 amide bonds. The van der Waals surface area contributed by atoms with Crippen molar-refractivity contribution in [1.29, 1.82) is 0 Å². The second-order valence-corrected chi connectivity index (χ2v) is 8.16. The minimum atomic E-state index is -4.46. The molecule has 4 rings (SSSR count). The van der Waals surface area contributed by atoms with Gasteiger partial charge in [-0.1, -0.05) is 12.1 Å². The quantitative estimate of drug-likeness (QED) is 0.547. The van der Waals surface area contributed by atoms with Crippen LogP contribution in [0, 0.1) is 5.92 Å². The Bertz CT molecular complexity index is 1010. The zero-order valence-electron chi connectivity index (χ0n) is 15.6. The second kappa shape index (κ2) is 7.78. The average molecular weight is 466 g/mol. The van der Waals surface area contributed by atoms with Crippen molar-refractivity contribution in [2.45, 2.75) is 31.5 Å². The molecule has 152 valence electrons. The van der Waals surface area contributed by atoms with E-state index in [1.165, 1.54) is 6.20 Å². The van der Waals surface area contributed by atoms with Crippen molar-refractivity contribution in [1.82, 2.24) is 19.7 Å². The van der Waals surface area contributed by atoms with E-state index in [1.54, 1.807) is 6.33 Å². The van der Waals surface area contributed by atoms with E-state index >= 15 is 0 Å². The van der Waals surface area contributed by atoms with Gasteiger partial charge in [0.2, 0.25) is 0 Å². The third-order valence-corrected chi connectivity index (χ3v) is 5.50. The largest absolute Gasteiger partial charge is 0.418 e. The molecule has 0 saturated heterocycles. The maximum atomic E-state index is 13.3. The topological polar surface area (TPSA) is 55.6 Å². The monoisotopic (exact) mass is 465 g/mol. The molecule has 3 aromatic rings. The second-order valence-electron chi connectivity index (χ2n) is 7.24. The number of alkyl halides is 3. The van der Waals surface area contributed by atoms with Gasteiger partial charge in [0.05, 0.1) is 17.8 Å². The number of halogens is 4. The van der Waals surface area contributed by atoms with E-state index in [-0.39, 0.29) is 18.2 Å². The highest BCUT2D eigenvalue weighted by Crippen LogP contribution is 2.46. The molecule has 0 spiro atoms. The molecule has 29 heavy (non-hydrogen) atoms. The molecule has 1 fully saturated rings. The maximum Gasteiger partial charge on any atom is 0.418 e. The fraction of sp³-hybridized carbons (Fsp3) is 0.350. The van der Waals surface area contributed by atoms with E-state index in [1.807, 2.05) is 35.9 Å². The van der Waals surface area contributed by atoms with Crippen molar-refractivity contribution in [3.05, 3.63) is 70.0 Å². The summed E-state index contributed by atoms with van der Waals surface area (Å²) in [6.07, 6.45) is 0.863. The van der Waals surface area contributed by atoms with Crippen LogP contribution in [0.25, 0.3) is 0 Å². The zero-order valence-corrected chi connectivity index (χ0v) is 17.2. The molecule has 1 aliphatic carbocycles. The van der Waals surface area contributed by atoms with Crippen LogP contribution in [0.5, 0.6) is 0 Å². The molecule has 1 saturated carbocycles. The molecule has 1 atom stereocenters. The van der Waals surface area contributed by atoms with Gasteiger partial charge >= 0.3 is 6.18 Å². The molecular formula is C20H19BrF3N5. The van der Waals surface area contributed by atoms with Gasteiger partial charge in [0, 0.05) is 29.3 Å². The molecule has 5 nitrogen and oxygen atoms in total. The fourth-order valence-corrected chi connectivity index (χ4v) is 3.85. The Morgan fingerprint density at radius 3 is 2.72 bits per heavy atom. The van der Waals surface area contributed by atoms with E-state index in [9.17, 15) is 13.2 Å². The first kappa shape index (κ1) is 19.9. The first-order valence-corrected chi connectivity index (χ1v) is 10.0. The van der Waals surface area contributed by atoms with Crippen LogP contribution >= 0.6 is 15.9 Å². The molecule has 9 heteroatoms. The van der Waals surface area contributed by atoms with E-state index in [0.29, 0.717) is 10.4 Å². The summed E-state index contributed by atoms with van der Waals surface area (Å²) in [5, 5.41) is 11.4. The lowest BCUT2D eigenvalue weighted by Gasteiger charge is -2.18. The molecule has 2 heterocycles. The maximum absolute atomic E-state index is 13.3. The normalized spacial score (nSPS) is 15.3. The number of aryl methyl sites for hydroxylation is 1. The van der Waals surface area contributed by atoms with Crippen LogP contribution in [0.3, 0.4) is 0 Å². The van der Waals surface area contributed by atoms with Gasteiger partial charge in [-0.25, -0.2) is 0 Å². The molecule has 0 aliphatic heterocycles. The standard InChI is InChI=1S/C20H19BrF3N5/c1-29-11-27-28-19(29)18(12-5-6-12)13-3-2-4-15(7-13)25-10-17-16(20(22,23)24)8-14(21)9-26-17/h2-4,7-9,11-12,18,25H,5-6,10H2,1H3/t18-/m1/s1. The number of benzene rings is 1. The third-order valence-electron chi connectivity index (χ3n) is 5.07. The first-order valence-electron chi connectivity index (χ1n) is 9.22. The average Bonchev–Trinajstić information content (AvgIpc) is 3.42. The van der Waals surface area contributed by atoms with Crippen molar-refractivity contribution in [3.63, 3.8) is 0 Å². The van der Waals surface area contributed by atoms with Crippen LogP contribution in [-0.2, 0) is 19.8 Å². The van der Waals surface area contributed by atoms with Crippen LogP contribution in [0.4, 0.5) is 18.9 Å². The Balaban J connectivity index is 1.57. The lowest BCUT2D eigenvalue weighted by atomic mass is 9.93. The molecule has 1 aliphatic rings. The number of rotatable bonds is 6. The molecule has 0 unspecified atom stereocenters. The van der Waals surface area contributed by atoms with Crippen molar-refractivity contribution in [2.24, 2.45) is 13.0 Å². The number of pyridine rings is 1. The van der Waals surface area contributed by atoms with Crippen LogP contribution in [0.15, 0.2) is 47.3 Å². The van der Waals surface area contributed by atoms with E-state index < -0.39 is 11.7 Å². The molecule has 2 aromatic heterocycles. The van der Waals surface area contributed by atoms with Gasteiger partial charge in [0.15, 0.2) is 0 Å². The van der Waals surface area contributed by atoms with E-state index in [2.05, 4.69) is 36.4 Å². The Morgan fingerprint density at radius 2 is 2.07 bits per heavy atom. The van der Waals surface area contributed by atoms with Crippen molar-refractivity contribution in [2.75, 3.05) is 5.32 Å². The van der Waals surface area contributed by atoms with Gasteiger partial charge in [-0.05, 0) is 58.5 Å². The fourth-order valence-electron chi connectivity index (χ4n) is 3.52. The lowest BCUT2D eigenvalue weighted by Crippen LogP contribution is -2.14. The Morgan fingerprint density at radius 1 is 1.28 bits per heavy atom. The highest BCUT2D eigenvalue weighted by atomic mass is 79.9. The molecule has 0 bridgehead atoms. The SMILES string of the molecule is Cn1cnnc1[C@@H](c1cccc(NCc2ncc(Br)cc2C(F)(F)F)c1)C1CC1. The van der Waals surface area contributed by atoms with Crippen molar-refractivity contribution >= 4 is 21.6 Å². The number of anilines is 1. The summed E-state index contributed by atoms with van der Waals surface area (Å²) < 4.78 is 42.2. The zero-order chi connectivity index (χ0) is 20.6. The minimum absolute atomic E-state index is 0.0242.